The van der Waals surface area contributed by atoms with Gasteiger partial charge in [-0.2, -0.15) is 0 Å². The van der Waals surface area contributed by atoms with Crippen LogP contribution in [0.5, 0.6) is 0 Å². The lowest BCUT2D eigenvalue weighted by molar-refractivity contribution is -0.126. The quantitative estimate of drug-likeness (QED) is 0.725. The van der Waals surface area contributed by atoms with Gasteiger partial charge in [-0.15, -0.1) is 5.10 Å². The molecule has 1 aromatic rings. The third-order valence-electron chi connectivity index (χ3n) is 2.47. The van der Waals surface area contributed by atoms with Gasteiger partial charge < -0.3 is 10.6 Å². The second-order valence-electron chi connectivity index (χ2n) is 3.63. The number of likely N-dealkylation sites (tertiary alicyclic amines) is 1. The molecule has 1 fully saturated rings. The molecule has 16 heavy (non-hydrogen) atoms. The van der Waals surface area contributed by atoms with Gasteiger partial charge in [-0.1, -0.05) is 11.8 Å². The van der Waals surface area contributed by atoms with Crippen LogP contribution in [0.15, 0.2) is 5.16 Å². The number of carbonyl (C=O) groups excluding carboxylic acids is 1. The molecule has 0 aliphatic carbocycles. The van der Waals surface area contributed by atoms with Crippen LogP contribution in [0.3, 0.4) is 0 Å². The molecule has 0 radical (unpaired) electrons. The minimum absolute atomic E-state index is 0.0625. The first-order chi connectivity index (χ1) is 7.72. The molecular formula is C8H14N6OS. The predicted octanol–water partition coefficient (Wildman–Crippen LogP) is -1.05. The summed E-state index contributed by atoms with van der Waals surface area (Å²) in [5.41, 5.74) is 5.45. The number of nitrogens with two attached hydrogens (primary N) is 1. The number of aromatic nitrogens is 4. The van der Waals surface area contributed by atoms with Gasteiger partial charge in [-0.3, -0.25) is 4.79 Å². The molecule has 2 N–H and O–H groups in total. The highest BCUT2D eigenvalue weighted by molar-refractivity contribution is 8.00. The highest BCUT2D eigenvalue weighted by Gasteiger charge is 2.31. The fraction of sp³-hybridized carbons (Fsp3) is 0.750. The molecule has 1 unspecified atom stereocenters. The maximum atomic E-state index is 11.7. The highest BCUT2D eigenvalue weighted by Crippen LogP contribution is 2.28. The van der Waals surface area contributed by atoms with E-state index in [-0.39, 0.29) is 11.2 Å². The van der Waals surface area contributed by atoms with Crippen LogP contribution in [0.4, 0.5) is 0 Å². The summed E-state index contributed by atoms with van der Waals surface area (Å²) < 4.78 is 1.64. The van der Waals surface area contributed by atoms with Crippen LogP contribution < -0.4 is 5.73 Å². The minimum Gasteiger partial charge on any atom is -0.345 e. The number of nitrogens with zero attached hydrogens (tertiary/aromatic N) is 5. The van der Waals surface area contributed by atoms with Crippen LogP contribution >= 0.6 is 11.8 Å². The van der Waals surface area contributed by atoms with Crippen molar-refractivity contribution in [2.45, 2.75) is 23.4 Å². The predicted molar refractivity (Wildman–Crippen MR) is 58.8 cm³/mol. The molecule has 8 heteroatoms. The van der Waals surface area contributed by atoms with Gasteiger partial charge in [0.05, 0.1) is 11.8 Å². The number of tetrazole rings is 1. The zero-order chi connectivity index (χ0) is 11.5. The van der Waals surface area contributed by atoms with Gasteiger partial charge in [0.2, 0.25) is 11.1 Å². The molecule has 1 amide bonds. The lowest BCUT2D eigenvalue weighted by Gasteiger charge is -2.09. The topological polar surface area (TPSA) is 89.9 Å². The Morgan fingerprint density at radius 2 is 2.44 bits per heavy atom. The largest absolute Gasteiger partial charge is 0.345 e. The number of hydrogen-bond acceptors (Lipinski definition) is 6. The smallest absolute Gasteiger partial charge is 0.235 e. The Kier molecular flexibility index (Phi) is 3.39. The van der Waals surface area contributed by atoms with E-state index >= 15 is 0 Å². The molecule has 2 rings (SSSR count). The van der Waals surface area contributed by atoms with Crippen molar-refractivity contribution in [3.8, 4) is 0 Å². The second-order valence-corrected chi connectivity index (χ2v) is 4.80. The van der Waals surface area contributed by atoms with Crippen LogP contribution in [-0.4, -0.2) is 56.4 Å². The van der Waals surface area contributed by atoms with E-state index in [1.54, 1.807) is 9.58 Å². The van der Waals surface area contributed by atoms with Crippen LogP contribution in [0.1, 0.15) is 6.42 Å². The summed E-state index contributed by atoms with van der Waals surface area (Å²) in [6, 6.07) is 0. The summed E-state index contributed by atoms with van der Waals surface area (Å²) in [6.07, 6.45) is 0.843. The Balaban J connectivity index is 2.03. The van der Waals surface area contributed by atoms with Crippen LogP contribution in [0, 0.1) is 0 Å². The fourth-order valence-electron chi connectivity index (χ4n) is 1.57. The van der Waals surface area contributed by atoms with Crippen molar-refractivity contribution in [1.29, 1.82) is 0 Å². The van der Waals surface area contributed by atoms with Gasteiger partial charge in [-0.25, -0.2) is 4.68 Å². The third-order valence-corrected chi connectivity index (χ3v) is 3.69. The number of thioether (sulfide) groups is 1. The zero-order valence-electron chi connectivity index (χ0n) is 9.04. The van der Waals surface area contributed by atoms with E-state index in [9.17, 15) is 4.79 Å². The number of rotatable bonds is 4. The van der Waals surface area contributed by atoms with Crippen molar-refractivity contribution in [1.82, 2.24) is 25.1 Å². The zero-order valence-corrected chi connectivity index (χ0v) is 9.85. The van der Waals surface area contributed by atoms with Gasteiger partial charge in [0.25, 0.3) is 0 Å². The van der Waals surface area contributed by atoms with E-state index in [1.807, 2.05) is 7.05 Å². The fourth-order valence-corrected chi connectivity index (χ4v) is 2.66. The highest BCUT2D eigenvalue weighted by atomic mass is 32.2. The molecule has 1 aliphatic heterocycles. The molecule has 88 valence electrons. The Labute approximate surface area is 97.3 Å². The van der Waals surface area contributed by atoms with E-state index in [4.69, 9.17) is 5.73 Å². The summed E-state index contributed by atoms with van der Waals surface area (Å²) in [7, 11) is 1.81. The first-order valence-electron chi connectivity index (χ1n) is 5.10. The summed E-state index contributed by atoms with van der Waals surface area (Å²) in [5, 5.41) is 11.9. The van der Waals surface area contributed by atoms with Crippen LogP contribution in [0.25, 0.3) is 0 Å². The molecule has 0 spiro atoms. The summed E-state index contributed by atoms with van der Waals surface area (Å²) >= 11 is 1.42. The Bertz CT molecular complexity index is 380. The molecule has 0 bridgehead atoms. The van der Waals surface area contributed by atoms with Gasteiger partial charge in [0.15, 0.2) is 0 Å². The van der Waals surface area contributed by atoms with Gasteiger partial charge in [0.1, 0.15) is 0 Å². The van der Waals surface area contributed by atoms with Gasteiger partial charge in [0, 0.05) is 20.1 Å². The Hall–Kier alpha value is -1.15. The van der Waals surface area contributed by atoms with E-state index in [0.717, 1.165) is 13.0 Å². The summed E-state index contributed by atoms with van der Waals surface area (Å²) in [4.78, 5) is 13.4. The van der Waals surface area contributed by atoms with Gasteiger partial charge in [-0.05, 0) is 16.8 Å². The molecule has 7 nitrogen and oxygen atoms in total. The van der Waals surface area contributed by atoms with Crippen molar-refractivity contribution < 1.29 is 4.79 Å². The van der Waals surface area contributed by atoms with E-state index < -0.39 is 0 Å². The van der Waals surface area contributed by atoms with Crippen molar-refractivity contribution in [3.63, 3.8) is 0 Å². The summed E-state index contributed by atoms with van der Waals surface area (Å²) in [6.45, 7) is 1.86. The number of carbonyl (C=O) groups is 1. The molecular weight excluding hydrogens is 228 g/mol. The van der Waals surface area contributed by atoms with Crippen LogP contribution in [0.2, 0.25) is 0 Å². The molecule has 0 aromatic carbocycles. The monoisotopic (exact) mass is 242 g/mol. The lowest BCUT2D eigenvalue weighted by atomic mass is 10.4. The SMILES string of the molecule is CN1CCC(Sc2nnnn2CCN)C1=O. The number of hydrogen-bond donors (Lipinski definition) is 1. The Morgan fingerprint density at radius 3 is 3.06 bits per heavy atom. The van der Waals surface area contributed by atoms with E-state index in [2.05, 4.69) is 15.5 Å². The van der Waals surface area contributed by atoms with Gasteiger partial charge >= 0.3 is 0 Å². The summed E-state index contributed by atoms with van der Waals surface area (Å²) in [5.74, 6) is 0.146. The first-order valence-corrected chi connectivity index (χ1v) is 5.98. The maximum absolute atomic E-state index is 11.7. The van der Waals surface area contributed by atoms with E-state index in [0.29, 0.717) is 18.2 Å². The van der Waals surface area contributed by atoms with Crippen molar-refractivity contribution in [2.24, 2.45) is 5.73 Å². The van der Waals surface area contributed by atoms with E-state index in [1.165, 1.54) is 11.8 Å². The molecule has 0 saturated carbocycles. The minimum atomic E-state index is -0.0625. The first kappa shape index (κ1) is 11.3. The molecule has 1 aliphatic rings. The maximum Gasteiger partial charge on any atom is 0.235 e. The lowest BCUT2D eigenvalue weighted by Crippen LogP contribution is -2.24. The van der Waals surface area contributed by atoms with Crippen LogP contribution in [-0.2, 0) is 11.3 Å². The standard InChI is InChI=1S/C8H14N6OS/c1-13-4-2-6(7(13)15)16-8-10-11-12-14(8)5-3-9/h6H,2-5,9H2,1H3. The average Bonchev–Trinajstić information content (AvgIpc) is 2.82. The third kappa shape index (κ3) is 2.17. The average molecular weight is 242 g/mol. The molecule has 1 atom stereocenters. The molecule has 2 heterocycles. The Morgan fingerprint density at radius 1 is 1.62 bits per heavy atom. The van der Waals surface area contributed by atoms with Crippen molar-refractivity contribution in [2.75, 3.05) is 20.1 Å². The second kappa shape index (κ2) is 4.79. The normalized spacial score (nSPS) is 20.8. The van der Waals surface area contributed by atoms with Crippen molar-refractivity contribution in [3.05, 3.63) is 0 Å². The molecule has 1 saturated heterocycles. The molecule has 1 aromatic heterocycles. The number of amides is 1. The van der Waals surface area contributed by atoms with Crippen molar-refractivity contribution >= 4 is 17.7 Å².